The number of benzene rings is 2. The first kappa shape index (κ1) is 26.5. The fourth-order valence-electron chi connectivity index (χ4n) is 5.03. The molecule has 0 radical (unpaired) electrons. The van der Waals surface area contributed by atoms with Gasteiger partial charge in [0.25, 0.3) is 5.69 Å². The van der Waals surface area contributed by atoms with E-state index in [-0.39, 0.29) is 17.9 Å². The molecular formula is C27H20N4O8S2. The summed E-state index contributed by atoms with van der Waals surface area (Å²) in [6.45, 7) is -0.305. The first-order valence-corrected chi connectivity index (χ1v) is 14.0. The van der Waals surface area contributed by atoms with E-state index in [1.165, 1.54) is 42.2 Å². The highest BCUT2D eigenvalue weighted by Crippen LogP contribution is 2.54. The molecule has 41 heavy (non-hydrogen) atoms. The number of ether oxygens (including phenoxy) is 1. The van der Waals surface area contributed by atoms with Gasteiger partial charge in [-0.3, -0.25) is 33.9 Å². The van der Waals surface area contributed by atoms with Gasteiger partial charge in [-0.15, -0.1) is 0 Å². The van der Waals surface area contributed by atoms with Crippen LogP contribution >= 0.6 is 23.1 Å². The van der Waals surface area contributed by atoms with Crippen LogP contribution < -0.4 is 19.8 Å². The summed E-state index contributed by atoms with van der Waals surface area (Å²) in [5.74, 6) is -2.07. The fourth-order valence-corrected chi connectivity index (χ4v) is 7.78. The first-order valence-electron chi connectivity index (χ1n) is 12.3. The highest BCUT2D eigenvalue weighted by atomic mass is 32.2. The van der Waals surface area contributed by atoms with Crippen LogP contribution in [-0.4, -0.2) is 39.6 Å². The molecular weight excluding hydrogens is 572 g/mol. The number of hydrogen-bond donors (Lipinski definition) is 1. The lowest BCUT2D eigenvalue weighted by Crippen LogP contribution is -2.32. The Morgan fingerprint density at radius 2 is 1.80 bits per heavy atom. The number of methoxy groups -OCH3 is 1. The molecule has 0 unspecified atom stereocenters. The lowest BCUT2D eigenvalue weighted by molar-refractivity contribution is -0.384. The van der Waals surface area contributed by atoms with E-state index in [1.807, 2.05) is 0 Å². The van der Waals surface area contributed by atoms with Crippen LogP contribution in [0.1, 0.15) is 16.6 Å². The van der Waals surface area contributed by atoms with Gasteiger partial charge in [0, 0.05) is 17.8 Å². The van der Waals surface area contributed by atoms with E-state index in [0.717, 1.165) is 28.0 Å². The number of fused-ring (bicyclic) bond motifs is 2. The van der Waals surface area contributed by atoms with Crippen LogP contribution in [0.4, 0.5) is 17.1 Å². The molecule has 2 aromatic carbocycles. The van der Waals surface area contributed by atoms with Crippen LogP contribution in [0, 0.1) is 16.0 Å². The number of nitro groups is 1. The van der Waals surface area contributed by atoms with Gasteiger partial charge in [-0.1, -0.05) is 23.1 Å². The number of carbonyl (C=O) groups excluding carboxylic acids is 3. The maximum Gasteiger partial charge on any atom is 0.308 e. The number of aromatic nitrogens is 1. The first-order chi connectivity index (χ1) is 19.8. The Labute approximate surface area is 239 Å². The molecule has 2 aliphatic heterocycles. The van der Waals surface area contributed by atoms with Crippen molar-refractivity contribution >= 4 is 57.9 Å². The third-order valence-electron chi connectivity index (χ3n) is 6.89. The second-order valence-corrected chi connectivity index (χ2v) is 11.4. The quantitative estimate of drug-likeness (QED) is 0.191. The number of nitrogens with one attached hydrogen (secondary N) is 1. The minimum atomic E-state index is -0.912. The van der Waals surface area contributed by atoms with Crippen molar-refractivity contribution in [3.05, 3.63) is 97.3 Å². The summed E-state index contributed by atoms with van der Waals surface area (Å²) in [5, 5.41) is 13.3. The van der Waals surface area contributed by atoms with E-state index in [4.69, 9.17) is 9.15 Å². The SMILES string of the molecule is COc1ccc(NC(=O)Cn2c3c(sc2=O)[C@@H](c2ccco2)[C@@H]2C(=O)N(c4ccc([N+](=O)[O-])cc4)C(=O)[C@@H]2S3)cc1. The summed E-state index contributed by atoms with van der Waals surface area (Å²) in [6, 6.07) is 15.2. The van der Waals surface area contributed by atoms with Crippen molar-refractivity contribution in [3.63, 3.8) is 0 Å². The smallest absolute Gasteiger partial charge is 0.308 e. The Kier molecular flexibility index (Phi) is 6.71. The number of furan rings is 1. The molecule has 0 spiro atoms. The summed E-state index contributed by atoms with van der Waals surface area (Å²) < 4.78 is 12.1. The molecule has 0 aliphatic carbocycles. The largest absolute Gasteiger partial charge is 0.497 e. The molecule has 2 aromatic heterocycles. The third-order valence-corrected chi connectivity index (χ3v) is 9.50. The van der Waals surface area contributed by atoms with Gasteiger partial charge in [0.2, 0.25) is 17.7 Å². The number of imide groups is 1. The predicted octanol–water partition coefficient (Wildman–Crippen LogP) is 3.85. The zero-order valence-corrected chi connectivity index (χ0v) is 22.8. The lowest BCUT2D eigenvalue weighted by atomic mass is 9.87. The van der Waals surface area contributed by atoms with Crippen molar-refractivity contribution in [2.45, 2.75) is 22.7 Å². The van der Waals surface area contributed by atoms with Crippen molar-refractivity contribution in [1.82, 2.24) is 4.57 Å². The van der Waals surface area contributed by atoms with Crippen LogP contribution in [0.25, 0.3) is 0 Å². The van der Waals surface area contributed by atoms with Crippen LogP contribution in [0.5, 0.6) is 5.75 Å². The number of nitro benzene ring substituents is 1. The van der Waals surface area contributed by atoms with Crippen molar-refractivity contribution in [2.75, 3.05) is 17.3 Å². The monoisotopic (exact) mass is 592 g/mol. The second-order valence-electron chi connectivity index (χ2n) is 9.24. The highest BCUT2D eigenvalue weighted by Gasteiger charge is 2.57. The average molecular weight is 593 g/mol. The van der Waals surface area contributed by atoms with Gasteiger partial charge in [-0.05, 0) is 48.5 Å². The van der Waals surface area contributed by atoms with Gasteiger partial charge in [-0.2, -0.15) is 0 Å². The lowest BCUT2D eigenvalue weighted by Gasteiger charge is -2.29. The molecule has 0 saturated carbocycles. The summed E-state index contributed by atoms with van der Waals surface area (Å²) in [6.07, 6.45) is 1.45. The number of rotatable bonds is 7. The normalized spacial score (nSPS) is 19.5. The number of amides is 3. The molecule has 4 heterocycles. The Hall–Kier alpha value is -4.69. The standard InChI is InChI=1S/C27H20N4O8S2/c1-38-17-10-4-14(5-11-17)28-19(32)13-29-26-23(41-27(29)35)20(18-3-2-12-39-18)21-22(40-26)25(34)30(24(21)33)15-6-8-16(9-7-15)31(36)37/h2-12,20-22H,13H2,1H3,(H,28,32)/t20-,21-,22+/m0/s1. The number of nitrogens with zero attached hydrogens (tertiary/aromatic N) is 3. The van der Waals surface area contributed by atoms with Crippen LogP contribution in [0.3, 0.4) is 0 Å². The molecule has 3 amide bonds. The molecule has 12 nitrogen and oxygen atoms in total. The van der Waals surface area contributed by atoms with Crippen molar-refractivity contribution in [2.24, 2.45) is 5.92 Å². The van der Waals surface area contributed by atoms with Crippen molar-refractivity contribution in [1.29, 1.82) is 0 Å². The van der Waals surface area contributed by atoms with Crippen LogP contribution in [0.2, 0.25) is 0 Å². The van der Waals surface area contributed by atoms with Gasteiger partial charge < -0.3 is 14.5 Å². The minimum absolute atomic E-state index is 0.174. The Morgan fingerprint density at radius 3 is 2.44 bits per heavy atom. The van der Waals surface area contributed by atoms with Crippen LogP contribution in [0.15, 0.2) is 81.2 Å². The molecule has 4 aromatic rings. The number of thiazole rings is 1. The summed E-state index contributed by atoms with van der Waals surface area (Å²) in [4.78, 5) is 65.2. The number of non-ortho nitro benzene ring substituents is 1. The molecule has 6 rings (SSSR count). The molecule has 14 heteroatoms. The highest BCUT2D eigenvalue weighted by molar-refractivity contribution is 8.00. The van der Waals surface area contributed by atoms with Gasteiger partial charge in [0.1, 0.15) is 23.3 Å². The van der Waals surface area contributed by atoms with E-state index in [0.29, 0.717) is 27.1 Å². The van der Waals surface area contributed by atoms with E-state index in [9.17, 15) is 29.3 Å². The topological polar surface area (TPSA) is 154 Å². The second kappa shape index (κ2) is 10.4. The molecule has 208 valence electrons. The number of hydrogen-bond acceptors (Lipinski definition) is 10. The van der Waals surface area contributed by atoms with Crippen molar-refractivity contribution in [3.8, 4) is 5.75 Å². The maximum absolute atomic E-state index is 13.8. The van der Waals surface area contributed by atoms with Gasteiger partial charge >= 0.3 is 4.87 Å². The minimum Gasteiger partial charge on any atom is -0.497 e. The van der Waals surface area contributed by atoms with Crippen LogP contribution in [-0.2, 0) is 20.9 Å². The summed E-state index contributed by atoms with van der Waals surface area (Å²) in [5.41, 5.74) is 0.551. The Bertz CT molecular complexity index is 1730. The number of thioether (sulfide) groups is 1. The third kappa shape index (κ3) is 4.60. The number of carbonyl (C=O) groups is 3. The van der Waals surface area contributed by atoms with E-state index in [1.54, 1.807) is 36.4 Å². The zero-order valence-electron chi connectivity index (χ0n) is 21.2. The van der Waals surface area contributed by atoms with Crippen molar-refractivity contribution < 1.29 is 28.5 Å². The molecule has 1 saturated heterocycles. The molecule has 1 N–H and O–H groups in total. The average Bonchev–Trinajstić information content (AvgIpc) is 3.66. The van der Waals surface area contributed by atoms with E-state index in [2.05, 4.69) is 5.32 Å². The zero-order chi connectivity index (χ0) is 28.8. The maximum atomic E-state index is 13.8. The predicted molar refractivity (Wildman–Crippen MR) is 149 cm³/mol. The van der Waals surface area contributed by atoms with Gasteiger partial charge in [0.15, 0.2) is 0 Å². The Balaban J connectivity index is 1.34. The van der Waals surface area contributed by atoms with Gasteiger partial charge in [-0.25, -0.2) is 4.90 Å². The molecule has 3 atom stereocenters. The van der Waals surface area contributed by atoms with E-state index < -0.39 is 44.6 Å². The van der Waals surface area contributed by atoms with Gasteiger partial charge in [0.05, 0.1) is 45.7 Å². The summed E-state index contributed by atoms with van der Waals surface area (Å²) >= 11 is 1.97. The molecule has 1 fully saturated rings. The summed E-state index contributed by atoms with van der Waals surface area (Å²) in [7, 11) is 1.53. The molecule has 2 aliphatic rings. The Morgan fingerprint density at radius 1 is 1.07 bits per heavy atom. The number of anilines is 2. The van der Waals surface area contributed by atoms with E-state index >= 15 is 0 Å². The fraction of sp³-hybridized carbons (Fsp3) is 0.185. The molecule has 0 bridgehead atoms.